The molecule has 0 spiro atoms. The summed E-state index contributed by atoms with van der Waals surface area (Å²) in [6.45, 7) is 12.7. The van der Waals surface area contributed by atoms with Crippen molar-refractivity contribution in [3.63, 3.8) is 0 Å². The molecule has 1 saturated heterocycles. The zero-order chi connectivity index (χ0) is 23.9. The first-order chi connectivity index (χ1) is 15.7. The second kappa shape index (κ2) is 8.87. The molecule has 172 valence electrons. The van der Waals surface area contributed by atoms with E-state index in [4.69, 9.17) is 6.57 Å². The molecule has 0 radical (unpaired) electrons. The molecule has 3 aromatic rings. The highest BCUT2D eigenvalue weighted by Gasteiger charge is 2.33. The second-order valence-corrected chi connectivity index (χ2v) is 8.44. The van der Waals surface area contributed by atoms with Crippen LogP contribution in [0.5, 0.6) is 0 Å². The Morgan fingerprint density at radius 3 is 2.48 bits per heavy atom. The van der Waals surface area contributed by atoms with Gasteiger partial charge in [0.05, 0.1) is 11.2 Å². The summed E-state index contributed by atoms with van der Waals surface area (Å²) in [4.78, 5) is 24.8. The molecular weight excluding hydrogens is 431 g/mol. The summed E-state index contributed by atoms with van der Waals surface area (Å²) >= 11 is 0. The number of hydrogen-bond donors (Lipinski definition) is 0. The Hall–Kier alpha value is -3.38. The van der Waals surface area contributed by atoms with E-state index in [0.29, 0.717) is 35.4 Å². The third-order valence-electron chi connectivity index (χ3n) is 6.35. The highest BCUT2D eigenvalue weighted by Crippen LogP contribution is 2.31. The summed E-state index contributed by atoms with van der Waals surface area (Å²) in [5, 5.41) is 0. The monoisotopic (exact) mass is 455 g/mol. The van der Waals surface area contributed by atoms with Gasteiger partial charge in [-0.15, -0.1) is 4.98 Å². The van der Waals surface area contributed by atoms with Crippen molar-refractivity contribution in [3.8, 4) is 0 Å². The van der Waals surface area contributed by atoms with Crippen molar-refractivity contribution in [1.82, 2.24) is 14.5 Å². The van der Waals surface area contributed by atoms with E-state index in [9.17, 15) is 18.0 Å². The largest absolute Gasteiger partial charge is 0.362 e. The lowest BCUT2D eigenvalue weighted by Gasteiger charge is -2.46. The number of hydrogen-bond acceptors (Lipinski definition) is 4. The van der Waals surface area contributed by atoms with Gasteiger partial charge in [0.1, 0.15) is 0 Å². The number of pyridine rings is 2. The first-order valence-corrected chi connectivity index (χ1v) is 10.8. The molecule has 2 aromatic heterocycles. The molecule has 0 unspecified atom stereocenters. The van der Waals surface area contributed by atoms with Gasteiger partial charge in [0, 0.05) is 44.8 Å². The Labute approximate surface area is 189 Å². The highest BCUT2D eigenvalue weighted by molar-refractivity contribution is 5.89. The smallest absolute Gasteiger partial charge is 0.270 e. The maximum absolute atomic E-state index is 13.7. The van der Waals surface area contributed by atoms with E-state index in [0.717, 1.165) is 18.6 Å². The van der Waals surface area contributed by atoms with Gasteiger partial charge >= 0.3 is 0 Å². The van der Waals surface area contributed by atoms with Crippen LogP contribution in [0.2, 0.25) is 0 Å². The van der Waals surface area contributed by atoms with Crippen LogP contribution in [0, 0.1) is 24.0 Å². The van der Waals surface area contributed by atoms with Gasteiger partial charge in [0.15, 0.2) is 17.5 Å². The van der Waals surface area contributed by atoms with E-state index in [1.807, 2.05) is 13.8 Å². The zero-order valence-electron chi connectivity index (χ0n) is 18.6. The van der Waals surface area contributed by atoms with Crippen LogP contribution in [-0.4, -0.2) is 39.6 Å². The fraction of sp³-hybridized carbons (Fsp3) is 0.375. The number of nitrogens with zero attached hydrogens (tertiary/aromatic N) is 5. The van der Waals surface area contributed by atoms with Crippen molar-refractivity contribution < 1.29 is 13.2 Å². The molecule has 1 aliphatic rings. The Morgan fingerprint density at radius 1 is 1.15 bits per heavy atom. The molecule has 33 heavy (non-hydrogen) atoms. The van der Waals surface area contributed by atoms with E-state index < -0.39 is 17.5 Å². The normalized spacial score (nSPS) is 19.1. The van der Waals surface area contributed by atoms with Crippen LogP contribution >= 0.6 is 0 Å². The quantitative estimate of drug-likeness (QED) is 0.433. The van der Waals surface area contributed by atoms with Crippen molar-refractivity contribution >= 4 is 22.5 Å². The third kappa shape index (κ3) is 4.18. The first kappa shape index (κ1) is 22.8. The molecule has 0 N–H and O–H groups in total. The van der Waals surface area contributed by atoms with E-state index in [1.165, 1.54) is 4.57 Å². The lowest BCUT2D eigenvalue weighted by Crippen LogP contribution is -2.57. The molecule has 4 rings (SSSR count). The molecule has 2 atom stereocenters. The van der Waals surface area contributed by atoms with E-state index >= 15 is 0 Å². The molecule has 0 saturated carbocycles. The van der Waals surface area contributed by atoms with E-state index in [-0.39, 0.29) is 30.0 Å². The third-order valence-corrected chi connectivity index (χ3v) is 6.35. The average molecular weight is 455 g/mol. The molecule has 1 fully saturated rings. The number of halogens is 3. The summed E-state index contributed by atoms with van der Waals surface area (Å²) in [7, 11) is 1.67. The van der Waals surface area contributed by atoms with Gasteiger partial charge in [0.25, 0.3) is 11.4 Å². The van der Waals surface area contributed by atoms with Crippen molar-refractivity contribution in [2.24, 2.45) is 7.05 Å². The Kier molecular flexibility index (Phi) is 6.13. The molecule has 0 amide bonds. The van der Waals surface area contributed by atoms with Gasteiger partial charge in [-0.2, -0.15) is 0 Å². The average Bonchev–Trinajstić information content (AvgIpc) is 2.80. The topological polar surface area (TPSA) is 45.7 Å². The van der Waals surface area contributed by atoms with Gasteiger partial charge < -0.3 is 14.3 Å². The number of benzene rings is 1. The van der Waals surface area contributed by atoms with Crippen LogP contribution in [0.1, 0.15) is 25.8 Å². The number of fused-ring (bicyclic) bond motifs is 1. The minimum Gasteiger partial charge on any atom is -0.362 e. The minimum atomic E-state index is -1.47. The van der Waals surface area contributed by atoms with Gasteiger partial charge in [-0.1, -0.05) is 13.5 Å². The lowest BCUT2D eigenvalue weighted by atomic mass is 10.0. The number of aromatic nitrogens is 2. The maximum atomic E-state index is 13.7. The second-order valence-electron chi connectivity index (χ2n) is 8.44. The van der Waals surface area contributed by atoms with Crippen LogP contribution in [0.3, 0.4) is 0 Å². The van der Waals surface area contributed by atoms with E-state index in [2.05, 4.69) is 19.6 Å². The van der Waals surface area contributed by atoms with Crippen LogP contribution in [0.4, 0.5) is 24.7 Å². The number of anilines is 1. The predicted molar refractivity (Wildman–Crippen MR) is 121 cm³/mol. The van der Waals surface area contributed by atoms with Crippen molar-refractivity contribution in [2.45, 2.75) is 38.9 Å². The zero-order valence-corrected chi connectivity index (χ0v) is 18.6. The molecule has 1 aromatic carbocycles. The Bertz CT molecular complexity index is 1290. The lowest BCUT2D eigenvalue weighted by molar-refractivity contribution is 0.151. The highest BCUT2D eigenvalue weighted by atomic mass is 19.2. The van der Waals surface area contributed by atoms with Crippen LogP contribution in [-0.2, 0) is 13.6 Å². The van der Waals surface area contributed by atoms with Gasteiger partial charge in [-0.25, -0.2) is 13.2 Å². The molecule has 6 nitrogen and oxygen atoms in total. The Balaban J connectivity index is 1.69. The fourth-order valence-electron chi connectivity index (χ4n) is 4.48. The summed E-state index contributed by atoms with van der Waals surface area (Å²) in [5.41, 5.74) is 2.11. The molecule has 0 aliphatic carbocycles. The molecule has 0 bridgehead atoms. The summed E-state index contributed by atoms with van der Waals surface area (Å²) in [6.07, 6.45) is 0.759. The SMILES string of the molecule is [C-]#[N+]c1ccc2c(n1)c(N1C[C@@H](C)N(Cc3cc(F)c(F)c(F)c3)C[C@@H]1CC)cc(=O)n2C. The molecular formula is C24H24F3N5O. The van der Waals surface area contributed by atoms with Crippen LogP contribution in [0.15, 0.2) is 35.1 Å². The van der Waals surface area contributed by atoms with Crippen molar-refractivity contribution in [2.75, 3.05) is 18.0 Å². The standard InChI is InChI=1S/C24H24F3N5O/c1-5-16-13-31(12-15-8-17(25)23(27)18(26)9-15)14(2)11-32(16)20-10-22(33)30(4)19-6-7-21(28-3)29-24(19)20/h6-10,14,16H,5,11-13H2,1-2,4H3/t14-,16+/m1/s1. The number of rotatable bonds is 4. The minimum absolute atomic E-state index is 0.00467. The number of piperazine rings is 1. The summed E-state index contributed by atoms with van der Waals surface area (Å²) in [5.74, 6) is -3.61. The van der Waals surface area contributed by atoms with Crippen molar-refractivity contribution in [3.05, 3.63) is 75.1 Å². The van der Waals surface area contributed by atoms with Gasteiger partial charge in [-0.3, -0.25) is 9.69 Å². The number of aryl methyl sites for hydroxylation is 1. The van der Waals surface area contributed by atoms with Crippen molar-refractivity contribution in [1.29, 1.82) is 0 Å². The van der Waals surface area contributed by atoms with Gasteiger partial charge in [0.2, 0.25) is 5.52 Å². The molecule has 1 aliphatic heterocycles. The fourth-order valence-corrected chi connectivity index (χ4v) is 4.48. The summed E-state index contributed by atoms with van der Waals surface area (Å²) in [6, 6.07) is 6.93. The molecule has 9 heteroatoms. The van der Waals surface area contributed by atoms with Gasteiger partial charge in [-0.05, 0) is 43.2 Å². The van der Waals surface area contributed by atoms with Crippen LogP contribution < -0.4 is 10.5 Å². The first-order valence-electron chi connectivity index (χ1n) is 10.8. The van der Waals surface area contributed by atoms with Crippen LogP contribution in [0.25, 0.3) is 15.9 Å². The summed E-state index contributed by atoms with van der Waals surface area (Å²) < 4.78 is 42.2. The Morgan fingerprint density at radius 2 is 1.85 bits per heavy atom. The molecule has 3 heterocycles. The van der Waals surface area contributed by atoms with E-state index in [1.54, 1.807) is 25.2 Å². The maximum Gasteiger partial charge on any atom is 0.270 e. The predicted octanol–water partition coefficient (Wildman–Crippen LogP) is 4.39.